The van der Waals surface area contributed by atoms with Crippen molar-refractivity contribution in [2.75, 3.05) is 11.9 Å². The zero-order valence-corrected chi connectivity index (χ0v) is 15.3. The first kappa shape index (κ1) is 17.7. The summed E-state index contributed by atoms with van der Waals surface area (Å²) in [6, 6.07) is 10.6. The molecule has 1 aliphatic rings. The molecule has 1 aliphatic carbocycles. The molecule has 27 heavy (non-hydrogen) atoms. The molecule has 0 saturated heterocycles. The second kappa shape index (κ2) is 8.31. The molecule has 6 heteroatoms. The van der Waals surface area contributed by atoms with Crippen LogP contribution in [0.2, 0.25) is 0 Å². The number of aliphatic hydroxyl groups excluding tert-OH is 1. The van der Waals surface area contributed by atoms with E-state index in [1.807, 2.05) is 43.0 Å². The summed E-state index contributed by atoms with van der Waals surface area (Å²) in [5, 5.41) is 12.8. The highest BCUT2D eigenvalue weighted by Crippen LogP contribution is 2.34. The van der Waals surface area contributed by atoms with Crippen LogP contribution in [-0.4, -0.2) is 31.2 Å². The van der Waals surface area contributed by atoms with Gasteiger partial charge in [0.05, 0.1) is 5.56 Å². The molecule has 0 radical (unpaired) electrons. The third-order valence-electron chi connectivity index (χ3n) is 5.28. The lowest BCUT2D eigenvalue weighted by Crippen LogP contribution is -2.21. The molecule has 0 unspecified atom stereocenters. The smallest absolute Gasteiger partial charge is 0.222 e. The Bertz CT molecular complexity index is 847. The molecule has 2 aromatic heterocycles. The Morgan fingerprint density at radius 2 is 1.89 bits per heavy atom. The fourth-order valence-electron chi connectivity index (χ4n) is 3.82. The molecule has 1 fully saturated rings. The Balaban J connectivity index is 1.46. The number of benzene rings is 1. The molecule has 1 aromatic carbocycles. The van der Waals surface area contributed by atoms with Crippen LogP contribution in [-0.2, 0) is 6.54 Å². The van der Waals surface area contributed by atoms with E-state index in [4.69, 9.17) is 0 Å². The first-order valence-corrected chi connectivity index (χ1v) is 9.57. The second-order valence-corrected chi connectivity index (χ2v) is 7.16. The Morgan fingerprint density at radius 1 is 1.07 bits per heavy atom. The van der Waals surface area contributed by atoms with Crippen molar-refractivity contribution in [2.45, 2.75) is 38.3 Å². The average Bonchev–Trinajstić information content (AvgIpc) is 3.23. The maximum atomic E-state index is 9.50. The molecule has 1 saturated carbocycles. The standard InChI is InChI=1S/C21H25N5O/c27-15-17-7-4-8-19(11-17)26-10-9-22-20(26)18-13-24-21(25-14-18)23-12-16-5-2-1-3-6-16/h1-3,5-6,9-10,13-14,17,19,27H,4,7-8,11-12,15H2,(H,23,24,25)/t17-,19-/m1/s1. The zero-order chi connectivity index (χ0) is 18.5. The third kappa shape index (κ3) is 4.17. The lowest BCUT2D eigenvalue weighted by atomic mass is 9.86. The largest absolute Gasteiger partial charge is 0.396 e. The number of hydrogen-bond donors (Lipinski definition) is 2. The molecule has 0 amide bonds. The van der Waals surface area contributed by atoms with Gasteiger partial charge >= 0.3 is 0 Å². The van der Waals surface area contributed by atoms with E-state index in [9.17, 15) is 5.11 Å². The van der Waals surface area contributed by atoms with Gasteiger partial charge in [0.15, 0.2) is 0 Å². The molecule has 4 rings (SSSR count). The molecule has 2 N–H and O–H groups in total. The first-order valence-electron chi connectivity index (χ1n) is 9.57. The van der Waals surface area contributed by atoms with Crippen LogP contribution < -0.4 is 5.32 Å². The minimum Gasteiger partial charge on any atom is -0.396 e. The van der Waals surface area contributed by atoms with Gasteiger partial charge in [-0.25, -0.2) is 15.0 Å². The summed E-state index contributed by atoms with van der Waals surface area (Å²) < 4.78 is 2.22. The molecule has 6 nitrogen and oxygen atoms in total. The number of hydrogen-bond acceptors (Lipinski definition) is 5. The number of imidazole rings is 1. The third-order valence-corrected chi connectivity index (χ3v) is 5.28. The van der Waals surface area contributed by atoms with Crippen LogP contribution in [0.4, 0.5) is 5.95 Å². The molecule has 2 atom stereocenters. The average molecular weight is 363 g/mol. The van der Waals surface area contributed by atoms with Crippen molar-refractivity contribution < 1.29 is 5.11 Å². The van der Waals surface area contributed by atoms with Crippen molar-refractivity contribution >= 4 is 5.95 Å². The van der Waals surface area contributed by atoms with E-state index in [2.05, 4.69) is 37.0 Å². The van der Waals surface area contributed by atoms with Crippen LogP contribution in [0, 0.1) is 5.92 Å². The van der Waals surface area contributed by atoms with Crippen LogP contribution in [0.25, 0.3) is 11.4 Å². The summed E-state index contributed by atoms with van der Waals surface area (Å²) in [4.78, 5) is 13.4. The van der Waals surface area contributed by atoms with E-state index in [1.54, 1.807) is 0 Å². The molecule has 2 heterocycles. The zero-order valence-electron chi connectivity index (χ0n) is 15.3. The Labute approximate surface area is 159 Å². The highest BCUT2D eigenvalue weighted by Gasteiger charge is 2.24. The summed E-state index contributed by atoms with van der Waals surface area (Å²) in [6.45, 7) is 0.963. The van der Waals surface area contributed by atoms with Crippen LogP contribution in [0.15, 0.2) is 55.1 Å². The molecular weight excluding hydrogens is 338 g/mol. The number of nitrogens with zero attached hydrogens (tertiary/aromatic N) is 4. The Morgan fingerprint density at radius 3 is 2.67 bits per heavy atom. The van der Waals surface area contributed by atoms with Gasteiger partial charge in [-0.05, 0) is 30.7 Å². The van der Waals surface area contributed by atoms with Crippen molar-refractivity contribution in [3.63, 3.8) is 0 Å². The predicted molar refractivity (Wildman–Crippen MR) is 105 cm³/mol. The van der Waals surface area contributed by atoms with Gasteiger partial charge in [0.25, 0.3) is 0 Å². The molecular formula is C21H25N5O. The highest BCUT2D eigenvalue weighted by molar-refractivity contribution is 5.54. The van der Waals surface area contributed by atoms with Crippen molar-refractivity contribution in [1.82, 2.24) is 19.5 Å². The van der Waals surface area contributed by atoms with Crippen LogP contribution in [0.1, 0.15) is 37.3 Å². The monoisotopic (exact) mass is 363 g/mol. The summed E-state index contributed by atoms with van der Waals surface area (Å²) in [5.41, 5.74) is 2.10. The van der Waals surface area contributed by atoms with E-state index in [-0.39, 0.29) is 6.61 Å². The molecule has 0 spiro atoms. The summed E-state index contributed by atoms with van der Waals surface area (Å²) in [7, 11) is 0. The topological polar surface area (TPSA) is 75.9 Å². The van der Waals surface area contributed by atoms with Gasteiger partial charge in [0, 0.05) is 44.0 Å². The van der Waals surface area contributed by atoms with Gasteiger partial charge < -0.3 is 15.0 Å². The quantitative estimate of drug-likeness (QED) is 0.699. The number of rotatable bonds is 6. The summed E-state index contributed by atoms with van der Waals surface area (Å²) in [6.07, 6.45) is 11.9. The molecule has 140 valence electrons. The van der Waals surface area contributed by atoms with Gasteiger partial charge in [-0.15, -0.1) is 0 Å². The minimum absolute atomic E-state index is 0.269. The number of aliphatic hydroxyl groups is 1. The Hall–Kier alpha value is -2.73. The van der Waals surface area contributed by atoms with E-state index in [0.29, 0.717) is 24.5 Å². The fraction of sp³-hybridized carbons (Fsp3) is 0.381. The lowest BCUT2D eigenvalue weighted by Gasteiger charge is -2.29. The normalized spacial score (nSPS) is 19.7. The summed E-state index contributed by atoms with van der Waals surface area (Å²) >= 11 is 0. The van der Waals surface area contributed by atoms with Crippen LogP contribution in [0.5, 0.6) is 0 Å². The van der Waals surface area contributed by atoms with Crippen molar-refractivity contribution in [2.24, 2.45) is 5.92 Å². The fourth-order valence-corrected chi connectivity index (χ4v) is 3.82. The van der Waals surface area contributed by atoms with Crippen molar-refractivity contribution in [3.05, 3.63) is 60.7 Å². The van der Waals surface area contributed by atoms with Crippen LogP contribution in [0.3, 0.4) is 0 Å². The number of anilines is 1. The first-order chi connectivity index (χ1) is 13.3. The minimum atomic E-state index is 0.269. The highest BCUT2D eigenvalue weighted by atomic mass is 16.3. The van der Waals surface area contributed by atoms with E-state index in [0.717, 1.165) is 37.1 Å². The number of nitrogens with one attached hydrogen (secondary N) is 1. The van der Waals surface area contributed by atoms with Gasteiger partial charge in [-0.2, -0.15) is 0 Å². The predicted octanol–water partition coefficient (Wildman–Crippen LogP) is 3.68. The Kier molecular flexibility index (Phi) is 5.44. The molecule has 3 aromatic rings. The SMILES string of the molecule is OC[C@@H]1CCC[C@@H](n2ccnc2-c2cnc(NCc3ccccc3)nc2)C1. The number of aromatic nitrogens is 4. The second-order valence-electron chi connectivity index (χ2n) is 7.16. The van der Waals surface area contributed by atoms with Gasteiger partial charge in [0.1, 0.15) is 5.82 Å². The van der Waals surface area contributed by atoms with Gasteiger partial charge in [-0.1, -0.05) is 36.8 Å². The maximum Gasteiger partial charge on any atom is 0.222 e. The van der Waals surface area contributed by atoms with Crippen molar-refractivity contribution in [3.8, 4) is 11.4 Å². The lowest BCUT2D eigenvalue weighted by molar-refractivity contribution is 0.163. The summed E-state index contributed by atoms with van der Waals surface area (Å²) in [5.74, 6) is 1.90. The molecule has 0 bridgehead atoms. The van der Waals surface area contributed by atoms with Crippen molar-refractivity contribution in [1.29, 1.82) is 0 Å². The van der Waals surface area contributed by atoms with E-state index >= 15 is 0 Å². The maximum absolute atomic E-state index is 9.50. The molecule has 0 aliphatic heterocycles. The van der Waals surface area contributed by atoms with Crippen LogP contribution >= 0.6 is 0 Å². The van der Waals surface area contributed by atoms with E-state index in [1.165, 1.54) is 5.56 Å². The van der Waals surface area contributed by atoms with E-state index < -0.39 is 0 Å². The van der Waals surface area contributed by atoms with Gasteiger partial charge in [0.2, 0.25) is 5.95 Å². The van der Waals surface area contributed by atoms with Gasteiger partial charge in [-0.3, -0.25) is 0 Å².